The fourth-order valence-corrected chi connectivity index (χ4v) is 3.50. The maximum absolute atomic E-state index is 12.3. The molecule has 1 aliphatic heterocycles. The number of nitrogens with two attached hydrogens (primary N) is 1. The highest BCUT2D eigenvalue weighted by atomic mass is 32.2. The van der Waals surface area contributed by atoms with Gasteiger partial charge in [0.2, 0.25) is 12.2 Å². The molecule has 162 valence electrons. The molecule has 1 fully saturated rings. The van der Waals surface area contributed by atoms with E-state index in [0.29, 0.717) is 5.69 Å². The number of ether oxygens (including phenoxy) is 2. The van der Waals surface area contributed by atoms with Crippen LogP contribution in [0.2, 0.25) is 0 Å². The molecule has 0 saturated carbocycles. The topological polar surface area (TPSA) is 214 Å². The van der Waals surface area contributed by atoms with Gasteiger partial charge in [-0.25, -0.2) is 27.9 Å². The van der Waals surface area contributed by atoms with Crippen molar-refractivity contribution < 1.29 is 43.1 Å². The maximum Gasteiger partial charge on any atom is 0.335 e. The molecule has 30 heavy (non-hydrogen) atoms. The molecule has 0 radical (unpaired) electrons. The number of aliphatic carboxylic acids is 1. The number of carbonyl (C=O) groups is 1. The van der Waals surface area contributed by atoms with E-state index in [1.54, 1.807) is 0 Å². The van der Waals surface area contributed by atoms with Crippen LogP contribution in [0.1, 0.15) is 0 Å². The van der Waals surface area contributed by atoms with Gasteiger partial charge >= 0.3 is 5.97 Å². The molecular formula is C16H18N4O9S. The van der Waals surface area contributed by atoms with Gasteiger partial charge in [-0.2, -0.15) is 0 Å². The normalized spacial score (nSPS) is 26.7. The van der Waals surface area contributed by atoms with Crippen molar-refractivity contribution in [2.75, 3.05) is 10.5 Å². The van der Waals surface area contributed by atoms with Crippen molar-refractivity contribution in [3.8, 4) is 5.75 Å². The predicted octanol–water partition coefficient (Wildman–Crippen LogP) is -1.87. The summed E-state index contributed by atoms with van der Waals surface area (Å²) < 4.78 is 36.9. The molecule has 1 aromatic heterocycles. The third kappa shape index (κ3) is 4.58. The number of anilines is 2. The molecule has 5 unspecified atom stereocenters. The third-order valence-electron chi connectivity index (χ3n) is 4.11. The first-order valence-corrected chi connectivity index (χ1v) is 9.86. The summed E-state index contributed by atoms with van der Waals surface area (Å²) in [6.07, 6.45) is -6.87. The van der Waals surface area contributed by atoms with Crippen LogP contribution in [-0.2, 0) is 19.6 Å². The Morgan fingerprint density at radius 3 is 2.23 bits per heavy atom. The summed E-state index contributed by atoms with van der Waals surface area (Å²) in [5.74, 6) is -1.98. The number of nitrogen functional groups attached to an aromatic ring is 1. The van der Waals surface area contributed by atoms with E-state index >= 15 is 0 Å². The van der Waals surface area contributed by atoms with E-state index in [1.807, 2.05) is 0 Å². The number of rotatable bonds is 6. The molecule has 1 aromatic carbocycles. The first kappa shape index (κ1) is 21.7. The van der Waals surface area contributed by atoms with E-state index in [-0.39, 0.29) is 16.6 Å². The number of nitrogens with zero attached hydrogens (tertiary/aromatic N) is 2. The largest absolute Gasteiger partial charge is 0.479 e. The van der Waals surface area contributed by atoms with Crippen molar-refractivity contribution in [2.24, 2.45) is 0 Å². The number of nitrogens with one attached hydrogen (secondary N) is 1. The van der Waals surface area contributed by atoms with Gasteiger partial charge < -0.3 is 35.6 Å². The number of hydrogen-bond donors (Lipinski definition) is 6. The molecule has 14 heteroatoms. The molecule has 0 amide bonds. The van der Waals surface area contributed by atoms with Crippen LogP contribution < -0.4 is 15.2 Å². The van der Waals surface area contributed by atoms with Crippen LogP contribution in [0, 0.1) is 0 Å². The smallest absolute Gasteiger partial charge is 0.335 e. The predicted molar refractivity (Wildman–Crippen MR) is 98.6 cm³/mol. The molecule has 0 aliphatic carbocycles. The van der Waals surface area contributed by atoms with Crippen LogP contribution >= 0.6 is 0 Å². The number of benzene rings is 1. The van der Waals surface area contributed by atoms with Crippen molar-refractivity contribution in [3.05, 3.63) is 36.7 Å². The average molecular weight is 442 g/mol. The van der Waals surface area contributed by atoms with Gasteiger partial charge in [0, 0.05) is 5.69 Å². The summed E-state index contributed by atoms with van der Waals surface area (Å²) in [5.41, 5.74) is 5.91. The molecule has 7 N–H and O–H groups in total. The highest BCUT2D eigenvalue weighted by Gasteiger charge is 2.48. The zero-order chi connectivity index (χ0) is 22.1. The van der Waals surface area contributed by atoms with Gasteiger partial charge in [0.05, 0.1) is 17.3 Å². The van der Waals surface area contributed by atoms with E-state index in [9.17, 15) is 28.5 Å². The fraction of sp³-hybridized carbons (Fsp3) is 0.312. The molecule has 0 bridgehead atoms. The Balaban J connectivity index is 1.70. The van der Waals surface area contributed by atoms with Gasteiger partial charge in [-0.3, -0.25) is 0 Å². The lowest BCUT2D eigenvalue weighted by atomic mass is 9.99. The highest BCUT2D eigenvalue weighted by Crippen LogP contribution is 2.24. The van der Waals surface area contributed by atoms with Gasteiger partial charge in [0.1, 0.15) is 18.3 Å². The van der Waals surface area contributed by atoms with Gasteiger partial charge in [0.25, 0.3) is 10.0 Å². The minimum absolute atomic E-state index is 0.0633. The van der Waals surface area contributed by atoms with E-state index < -0.39 is 46.7 Å². The molecule has 2 heterocycles. The second-order valence-corrected chi connectivity index (χ2v) is 7.95. The summed E-state index contributed by atoms with van der Waals surface area (Å²) in [6.45, 7) is 0. The second-order valence-electron chi connectivity index (χ2n) is 6.27. The molecule has 3 rings (SSSR count). The average Bonchev–Trinajstić information content (AvgIpc) is 2.69. The van der Waals surface area contributed by atoms with E-state index in [0.717, 1.165) is 12.4 Å². The Morgan fingerprint density at radius 2 is 1.67 bits per heavy atom. The van der Waals surface area contributed by atoms with Crippen molar-refractivity contribution >= 4 is 27.6 Å². The zero-order valence-corrected chi connectivity index (χ0v) is 15.9. The first-order chi connectivity index (χ1) is 14.1. The SMILES string of the molecule is Nc1ccc(S(=O)(=O)Nc2ncc(OC3OC(C(=O)O)C(O)C(O)C3O)cn2)cc1. The molecule has 13 nitrogen and oxygen atoms in total. The third-order valence-corrected chi connectivity index (χ3v) is 5.45. The number of carboxylic acid groups (broad SMARTS) is 1. The standard InChI is InChI=1S/C16H18N4O9S/c17-7-1-3-9(4-2-7)30(26,27)20-16-18-5-8(6-19-16)28-15-12(23)10(21)11(22)13(29-15)14(24)25/h1-6,10-13,15,21-23H,17H2,(H,24,25)(H,18,19,20). The Kier molecular flexibility index (Phi) is 6.04. The lowest BCUT2D eigenvalue weighted by Gasteiger charge is -2.38. The lowest BCUT2D eigenvalue weighted by Crippen LogP contribution is -2.61. The van der Waals surface area contributed by atoms with Crippen LogP contribution in [0.4, 0.5) is 11.6 Å². The van der Waals surface area contributed by atoms with Gasteiger partial charge in [-0.05, 0) is 24.3 Å². The molecule has 0 spiro atoms. The van der Waals surface area contributed by atoms with E-state index in [1.165, 1.54) is 24.3 Å². The van der Waals surface area contributed by atoms with E-state index in [4.69, 9.17) is 20.3 Å². The number of aliphatic hydroxyl groups is 3. The van der Waals surface area contributed by atoms with E-state index in [2.05, 4.69) is 14.7 Å². The Bertz CT molecular complexity index is 1000. The lowest BCUT2D eigenvalue weighted by molar-refractivity contribution is -0.271. The summed E-state index contributed by atoms with van der Waals surface area (Å²) in [7, 11) is -3.97. The quantitative estimate of drug-likeness (QED) is 0.271. The van der Waals surface area contributed by atoms with Crippen molar-refractivity contribution in [3.63, 3.8) is 0 Å². The molecule has 5 atom stereocenters. The summed E-state index contributed by atoms with van der Waals surface area (Å²) in [5, 5.41) is 38.4. The van der Waals surface area contributed by atoms with Gasteiger partial charge in [0.15, 0.2) is 11.9 Å². The molecular weight excluding hydrogens is 424 g/mol. The number of aromatic nitrogens is 2. The molecule has 2 aromatic rings. The molecule has 1 aliphatic rings. The monoisotopic (exact) mass is 442 g/mol. The van der Waals surface area contributed by atoms with Crippen LogP contribution in [0.25, 0.3) is 0 Å². The minimum atomic E-state index is -3.97. The van der Waals surface area contributed by atoms with Crippen LogP contribution in [0.5, 0.6) is 5.75 Å². The summed E-state index contributed by atoms with van der Waals surface area (Å²) in [6, 6.07) is 5.43. The number of aliphatic hydroxyl groups excluding tert-OH is 3. The maximum atomic E-state index is 12.3. The van der Waals surface area contributed by atoms with Crippen molar-refractivity contribution in [1.82, 2.24) is 9.97 Å². The fourth-order valence-electron chi connectivity index (χ4n) is 2.54. The number of carboxylic acids is 1. The highest BCUT2D eigenvalue weighted by molar-refractivity contribution is 7.92. The second kappa shape index (κ2) is 8.37. The minimum Gasteiger partial charge on any atom is -0.479 e. The number of hydrogen-bond acceptors (Lipinski definition) is 11. The Hall–Kier alpha value is -3.04. The van der Waals surface area contributed by atoms with Gasteiger partial charge in [-0.15, -0.1) is 0 Å². The Morgan fingerprint density at radius 1 is 1.07 bits per heavy atom. The Labute approximate surface area is 169 Å². The van der Waals surface area contributed by atoms with Crippen molar-refractivity contribution in [2.45, 2.75) is 35.6 Å². The first-order valence-electron chi connectivity index (χ1n) is 8.38. The van der Waals surface area contributed by atoms with Crippen molar-refractivity contribution in [1.29, 1.82) is 0 Å². The summed E-state index contributed by atoms with van der Waals surface area (Å²) in [4.78, 5) is 18.6. The van der Waals surface area contributed by atoms with Gasteiger partial charge in [-0.1, -0.05) is 0 Å². The summed E-state index contributed by atoms with van der Waals surface area (Å²) >= 11 is 0. The van der Waals surface area contributed by atoms with Crippen LogP contribution in [0.3, 0.4) is 0 Å². The van der Waals surface area contributed by atoms with Crippen LogP contribution in [0.15, 0.2) is 41.6 Å². The number of sulfonamides is 1. The molecule has 1 saturated heterocycles. The zero-order valence-electron chi connectivity index (χ0n) is 15.1. The van der Waals surface area contributed by atoms with Crippen LogP contribution in [-0.4, -0.2) is 75.5 Å².